The Bertz CT molecular complexity index is 232. The Morgan fingerprint density at radius 2 is 2.07 bits per heavy atom. The summed E-state index contributed by atoms with van der Waals surface area (Å²) >= 11 is 0. The maximum atomic E-state index is 4.98. The summed E-state index contributed by atoms with van der Waals surface area (Å²) in [6, 6.07) is 1.99. The van der Waals surface area contributed by atoms with E-state index in [0.29, 0.717) is 0 Å². The Morgan fingerprint density at radius 1 is 1.27 bits per heavy atom. The van der Waals surface area contributed by atoms with Gasteiger partial charge in [0.05, 0.1) is 12.5 Å². The van der Waals surface area contributed by atoms with Gasteiger partial charge in [0, 0.05) is 12.1 Å². The van der Waals surface area contributed by atoms with E-state index in [0.717, 1.165) is 32.1 Å². The van der Waals surface area contributed by atoms with E-state index in [1.54, 1.807) is 12.5 Å². The zero-order valence-corrected chi connectivity index (χ0v) is 9.75. The third-order valence-corrected chi connectivity index (χ3v) is 2.17. The largest absolute Gasteiger partial charge is 0.472 e. The molecule has 0 aromatic carbocycles. The lowest BCUT2D eigenvalue weighted by Crippen LogP contribution is -2.24. The van der Waals surface area contributed by atoms with Crippen LogP contribution in [-0.2, 0) is 6.54 Å². The molecular weight excluding hydrogens is 188 g/mol. The maximum Gasteiger partial charge on any atom is 0.0947 e. The highest BCUT2D eigenvalue weighted by Crippen LogP contribution is 1.98. The second kappa shape index (κ2) is 7.49. The summed E-state index contributed by atoms with van der Waals surface area (Å²) in [5.41, 5.74) is 1.21. The van der Waals surface area contributed by atoms with Gasteiger partial charge < -0.3 is 15.1 Å². The lowest BCUT2D eigenvalue weighted by Gasteiger charge is -2.07. The van der Waals surface area contributed by atoms with Crippen LogP contribution in [0.1, 0.15) is 25.8 Å². The van der Waals surface area contributed by atoms with Gasteiger partial charge in [-0.05, 0) is 38.0 Å². The molecule has 1 heterocycles. The first-order chi connectivity index (χ1) is 7.29. The molecule has 0 aliphatic rings. The molecule has 3 heteroatoms. The topological polar surface area (TPSA) is 37.2 Å². The van der Waals surface area contributed by atoms with Gasteiger partial charge in [0.1, 0.15) is 0 Å². The van der Waals surface area contributed by atoms with Crippen LogP contribution in [0.25, 0.3) is 0 Å². The number of hydrogen-bond donors (Lipinski definition) is 2. The molecule has 0 saturated heterocycles. The molecular formula is C12H22N2O. The van der Waals surface area contributed by atoms with Crippen molar-refractivity contribution in [3.63, 3.8) is 0 Å². The molecule has 1 aromatic rings. The van der Waals surface area contributed by atoms with E-state index in [-0.39, 0.29) is 0 Å². The fourth-order valence-electron chi connectivity index (χ4n) is 1.36. The van der Waals surface area contributed by atoms with Gasteiger partial charge in [-0.25, -0.2) is 0 Å². The normalized spacial score (nSPS) is 11.1. The van der Waals surface area contributed by atoms with Gasteiger partial charge in [-0.2, -0.15) is 0 Å². The fraction of sp³-hybridized carbons (Fsp3) is 0.667. The van der Waals surface area contributed by atoms with Crippen LogP contribution >= 0.6 is 0 Å². The lowest BCUT2D eigenvalue weighted by atomic mass is 10.2. The zero-order valence-electron chi connectivity index (χ0n) is 9.75. The summed E-state index contributed by atoms with van der Waals surface area (Å²) in [5, 5.41) is 6.80. The van der Waals surface area contributed by atoms with Crippen molar-refractivity contribution in [3.05, 3.63) is 24.2 Å². The van der Waals surface area contributed by atoms with Gasteiger partial charge in [-0.3, -0.25) is 0 Å². The summed E-state index contributed by atoms with van der Waals surface area (Å²) in [6.07, 6.45) is 4.66. The summed E-state index contributed by atoms with van der Waals surface area (Å²) in [5.74, 6) is 0.740. The van der Waals surface area contributed by atoms with Gasteiger partial charge in [0.15, 0.2) is 0 Å². The summed E-state index contributed by atoms with van der Waals surface area (Å²) in [6.45, 7) is 8.61. The van der Waals surface area contributed by atoms with Gasteiger partial charge in [0.2, 0.25) is 0 Å². The first-order valence-electron chi connectivity index (χ1n) is 5.71. The molecule has 3 nitrogen and oxygen atoms in total. The van der Waals surface area contributed by atoms with E-state index in [4.69, 9.17) is 4.42 Å². The predicted octanol–water partition coefficient (Wildman–Crippen LogP) is 2.00. The van der Waals surface area contributed by atoms with Crippen LogP contribution < -0.4 is 10.6 Å². The van der Waals surface area contributed by atoms with E-state index < -0.39 is 0 Å². The molecule has 1 aromatic heterocycles. The van der Waals surface area contributed by atoms with Gasteiger partial charge in [-0.1, -0.05) is 13.8 Å². The van der Waals surface area contributed by atoms with Crippen molar-refractivity contribution in [1.29, 1.82) is 0 Å². The van der Waals surface area contributed by atoms with Crippen molar-refractivity contribution in [2.75, 3.05) is 19.6 Å². The Morgan fingerprint density at radius 3 is 2.73 bits per heavy atom. The van der Waals surface area contributed by atoms with Crippen molar-refractivity contribution in [1.82, 2.24) is 10.6 Å². The van der Waals surface area contributed by atoms with Crippen LogP contribution in [-0.4, -0.2) is 19.6 Å². The van der Waals surface area contributed by atoms with Crippen molar-refractivity contribution in [2.24, 2.45) is 5.92 Å². The van der Waals surface area contributed by atoms with Crippen LogP contribution in [0.2, 0.25) is 0 Å². The van der Waals surface area contributed by atoms with E-state index in [2.05, 4.69) is 24.5 Å². The molecule has 0 atom stereocenters. The van der Waals surface area contributed by atoms with E-state index in [9.17, 15) is 0 Å². The molecule has 0 bridgehead atoms. The minimum absolute atomic E-state index is 0.740. The Kier molecular flexibility index (Phi) is 6.12. The first kappa shape index (κ1) is 12.3. The molecule has 0 aliphatic heterocycles. The molecule has 2 N–H and O–H groups in total. The second-order valence-corrected chi connectivity index (χ2v) is 4.26. The lowest BCUT2D eigenvalue weighted by molar-refractivity contribution is 0.528. The van der Waals surface area contributed by atoms with Crippen LogP contribution in [0.4, 0.5) is 0 Å². The minimum Gasteiger partial charge on any atom is -0.472 e. The van der Waals surface area contributed by atoms with Crippen molar-refractivity contribution in [3.8, 4) is 0 Å². The number of nitrogens with one attached hydrogen (secondary N) is 2. The number of rotatable bonds is 8. The SMILES string of the molecule is CC(C)CNCCCNCc1ccoc1. The highest BCUT2D eigenvalue weighted by molar-refractivity contribution is 5.04. The predicted molar refractivity (Wildman–Crippen MR) is 62.7 cm³/mol. The van der Waals surface area contributed by atoms with Gasteiger partial charge >= 0.3 is 0 Å². The molecule has 0 amide bonds. The molecule has 0 radical (unpaired) electrons. The average Bonchev–Trinajstić information content (AvgIpc) is 2.68. The molecule has 86 valence electrons. The molecule has 15 heavy (non-hydrogen) atoms. The molecule has 0 saturated carbocycles. The number of hydrogen-bond acceptors (Lipinski definition) is 3. The smallest absolute Gasteiger partial charge is 0.0947 e. The standard InChI is InChI=1S/C12H22N2O/c1-11(2)8-13-5-3-6-14-9-12-4-7-15-10-12/h4,7,10-11,13-14H,3,5-6,8-9H2,1-2H3. The Balaban J connectivity index is 1.85. The molecule has 0 fully saturated rings. The summed E-state index contributed by atoms with van der Waals surface area (Å²) in [4.78, 5) is 0. The van der Waals surface area contributed by atoms with Crippen molar-refractivity contribution in [2.45, 2.75) is 26.8 Å². The highest BCUT2D eigenvalue weighted by atomic mass is 16.3. The first-order valence-corrected chi connectivity index (χ1v) is 5.71. The van der Waals surface area contributed by atoms with Gasteiger partial charge in [0.25, 0.3) is 0 Å². The Hall–Kier alpha value is -0.800. The Labute approximate surface area is 92.2 Å². The van der Waals surface area contributed by atoms with Crippen molar-refractivity contribution < 1.29 is 4.42 Å². The minimum atomic E-state index is 0.740. The van der Waals surface area contributed by atoms with Crippen LogP contribution in [0.15, 0.2) is 23.0 Å². The maximum absolute atomic E-state index is 4.98. The molecule has 0 spiro atoms. The summed E-state index contributed by atoms with van der Waals surface area (Å²) in [7, 11) is 0. The van der Waals surface area contributed by atoms with Crippen LogP contribution in [0.3, 0.4) is 0 Å². The van der Waals surface area contributed by atoms with Gasteiger partial charge in [-0.15, -0.1) is 0 Å². The van der Waals surface area contributed by atoms with E-state index in [1.165, 1.54) is 12.0 Å². The van der Waals surface area contributed by atoms with E-state index >= 15 is 0 Å². The van der Waals surface area contributed by atoms with Crippen LogP contribution in [0, 0.1) is 5.92 Å². The third-order valence-electron chi connectivity index (χ3n) is 2.17. The third kappa shape index (κ3) is 6.31. The number of furan rings is 1. The van der Waals surface area contributed by atoms with Crippen LogP contribution in [0.5, 0.6) is 0 Å². The summed E-state index contributed by atoms with van der Waals surface area (Å²) < 4.78 is 4.98. The monoisotopic (exact) mass is 210 g/mol. The molecule has 0 unspecified atom stereocenters. The second-order valence-electron chi connectivity index (χ2n) is 4.26. The quantitative estimate of drug-likeness (QED) is 0.644. The fourth-order valence-corrected chi connectivity index (χ4v) is 1.36. The van der Waals surface area contributed by atoms with Crippen molar-refractivity contribution >= 4 is 0 Å². The average molecular weight is 210 g/mol. The zero-order chi connectivity index (χ0) is 10.9. The molecule has 1 rings (SSSR count). The molecule has 0 aliphatic carbocycles. The van der Waals surface area contributed by atoms with E-state index in [1.807, 2.05) is 6.07 Å². The highest BCUT2D eigenvalue weighted by Gasteiger charge is 1.94.